The molecule has 0 amide bonds. The molecule has 0 aliphatic rings. The van der Waals surface area contributed by atoms with Gasteiger partial charge in [0.15, 0.2) is 0 Å². The molecule has 1 aromatic rings. The lowest BCUT2D eigenvalue weighted by Gasteiger charge is -1.97. The summed E-state index contributed by atoms with van der Waals surface area (Å²) in [5, 5.41) is 0. The third kappa shape index (κ3) is 1.72. The highest BCUT2D eigenvalue weighted by molar-refractivity contribution is 5.97. The molecule has 0 aromatic carbocycles. The predicted molar refractivity (Wildman–Crippen MR) is 41.6 cm³/mol. The van der Waals surface area contributed by atoms with Crippen molar-refractivity contribution in [2.45, 2.75) is 13.8 Å². The minimum absolute atomic E-state index is 0.394. The summed E-state index contributed by atoms with van der Waals surface area (Å²) in [4.78, 5) is 24.3. The molecule has 1 N–H and O–H groups in total. The summed E-state index contributed by atoms with van der Waals surface area (Å²) in [7, 11) is 0. The Morgan fingerprint density at radius 3 is 2.58 bits per heavy atom. The molecule has 0 saturated heterocycles. The fraction of sp³-hybridized carbons (Fsp3) is 0.250. The molecule has 1 heterocycles. The Morgan fingerprint density at radius 1 is 1.50 bits per heavy atom. The van der Waals surface area contributed by atoms with Crippen LogP contribution in [0.4, 0.5) is 0 Å². The van der Waals surface area contributed by atoms with Gasteiger partial charge in [-0.1, -0.05) is 0 Å². The number of esters is 2. The third-order valence-corrected chi connectivity index (χ3v) is 1.41. The molecule has 64 valence electrons. The first-order valence-corrected chi connectivity index (χ1v) is 3.48. The smallest absolute Gasteiger partial charge is 0.347 e. The van der Waals surface area contributed by atoms with Gasteiger partial charge in [0.2, 0.25) is 0 Å². The maximum atomic E-state index is 11.1. The number of hydrogen-bond donors (Lipinski definition) is 1. The van der Waals surface area contributed by atoms with E-state index in [0.717, 1.165) is 0 Å². The molecule has 1 aromatic heterocycles. The van der Waals surface area contributed by atoms with E-state index in [1.807, 2.05) is 0 Å². The standard InChI is InChI=1S/C8H9NO3/c1-5-7(3-4-9-5)8(11)12-6(2)10/h3-4,9H,1-2H3. The number of H-pyrrole nitrogens is 1. The van der Waals surface area contributed by atoms with Crippen LogP contribution in [-0.2, 0) is 9.53 Å². The number of aromatic amines is 1. The van der Waals surface area contributed by atoms with Crippen molar-refractivity contribution in [2.75, 3.05) is 0 Å². The van der Waals surface area contributed by atoms with Crippen LogP contribution in [0, 0.1) is 6.92 Å². The number of hydrogen-bond acceptors (Lipinski definition) is 3. The molecular formula is C8H9NO3. The fourth-order valence-electron chi connectivity index (χ4n) is 0.859. The average molecular weight is 167 g/mol. The minimum atomic E-state index is -0.610. The van der Waals surface area contributed by atoms with Gasteiger partial charge >= 0.3 is 11.9 Å². The molecule has 0 radical (unpaired) electrons. The zero-order valence-electron chi connectivity index (χ0n) is 6.88. The first-order valence-electron chi connectivity index (χ1n) is 3.48. The lowest BCUT2D eigenvalue weighted by atomic mass is 10.3. The van der Waals surface area contributed by atoms with Crippen molar-refractivity contribution in [1.82, 2.24) is 4.98 Å². The van der Waals surface area contributed by atoms with Crippen LogP contribution in [0.25, 0.3) is 0 Å². The average Bonchev–Trinajstić information content (AvgIpc) is 2.33. The zero-order chi connectivity index (χ0) is 9.14. The topological polar surface area (TPSA) is 59.2 Å². The number of carbonyl (C=O) groups is 2. The summed E-state index contributed by atoms with van der Waals surface area (Å²) >= 11 is 0. The second-order valence-electron chi connectivity index (χ2n) is 2.40. The Balaban J connectivity index is 2.78. The number of ether oxygens (including phenoxy) is 1. The van der Waals surface area contributed by atoms with Crippen molar-refractivity contribution in [2.24, 2.45) is 0 Å². The van der Waals surface area contributed by atoms with Crippen LogP contribution in [0.5, 0.6) is 0 Å². The van der Waals surface area contributed by atoms with Crippen LogP contribution in [0.3, 0.4) is 0 Å². The van der Waals surface area contributed by atoms with Crippen molar-refractivity contribution >= 4 is 11.9 Å². The second kappa shape index (κ2) is 3.21. The van der Waals surface area contributed by atoms with E-state index in [0.29, 0.717) is 11.3 Å². The summed E-state index contributed by atoms with van der Waals surface area (Å²) in [5.41, 5.74) is 1.09. The quantitative estimate of drug-likeness (QED) is 0.502. The van der Waals surface area contributed by atoms with Gasteiger partial charge in [0.25, 0.3) is 0 Å². The highest BCUT2D eigenvalue weighted by Gasteiger charge is 2.12. The van der Waals surface area contributed by atoms with E-state index in [1.54, 1.807) is 19.2 Å². The van der Waals surface area contributed by atoms with Crippen LogP contribution < -0.4 is 0 Å². The summed E-state index contributed by atoms with van der Waals surface area (Å²) in [6.07, 6.45) is 1.62. The van der Waals surface area contributed by atoms with Gasteiger partial charge in [0, 0.05) is 18.8 Å². The van der Waals surface area contributed by atoms with Crippen molar-refractivity contribution in [3.8, 4) is 0 Å². The number of nitrogens with one attached hydrogen (secondary N) is 1. The molecule has 0 saturated carbocycles. The Hall–Kier alpha value is -1.58. The van der Waals surface area contributed by atoms with Crippen LogP contribution >= 0.6 is 0 Å². The number of carbonyl (C=O) groups excluding carboxylic acids is 2. The van der Waals surface area contributed by atoms with Crippen molar-refractivity contribution < 1.29 is 14.3 Å². The summed E-state index contributed by atoms with van der Waals surface area (Å²) in [6.45, 7) is 2.93. The third-order valence-electron chi connectivity index (χ3n) is 1.41. The largest absolute Gasteiger partial charge is 0.390 e. The van der Waals surface area contributed by atoms with E-state index in [4.69, 9.17) is 0 Å². The minimum Gasteiger partial charge on any atom is -0.390 e. The van der Waals surface area contributed by atoms with E-state index in [1.165, 1.54) is 6.92 Å². The van der Waals surface area contributed by atoms with Gasteiger partial charge in [-0.15, -0.1) is 0 Å². The monoisotopic (exact) mass is 167 g/mol. The first-order chi connectivity index (χ1) is 5.61. The van der Waals surface area contributed by atoms with Gasteiger partial charge in [-0.2, -0.15) is 0 Å². The highest BCUT2D eigenvalue weighted by Crippen LogP contribution is 2.06. The molecule has 0 unspecified atom stereocenters. The van der Waals surface area contributed by atoms with E-state index in [9.17, 15) is 9.59 Å². The normalized spacial score (nSPS) is 9.50. The molecule has 1 rings (SSSR count). The number of aryl methyl sites for hydroxylation is 1. The molecule has 12 heavy (non-hydrogen) atoms. The van der Waals surface area contributed by atoms with E-state index in [2.05, 4.69) is 9.72 Å². The lowest BCUT2D eigenvalue weighted by molar-refractivity contribution is -0.135. The van der Waals surface area contributed by atoms with Crippen LogP contribution in [-0.4, -0.2) is 16.9 Å². The van der Waals surface area contributed by atoms with Crippen LogP contribution in [0.1, 0.15) is 23.0 Å². The molecule has 0 aliphatic heterocycles. The van der Waals surface area contributed by atoms with E-state index >= 15 is 0 Å². The Bertz CT molecular complexity index is 314. The highest BCUT2D eigenvalue weighted by atomic mass is 16.6. The summed E-state index contributed by atoms with van der Waals surface area (Å²) < 4.78 is 4.38. The SMILES string of the molecule is CC(=O)OC(=O)c1cc[nH]c1C. The van der Waals surface area contributed by atoms with Crippen LogP contribution in [0.2, 0.25) is 0 Å². The molecule has 0 aliphatic carbocycles. The second-order valence-corrected chi connectivity index (χ2v) is 2.40. The summed E-state index contributed by atoms with van der Waals surface area (Å²) in [6, 6.07) is 1.57. The van der Waals surface area contributed by atoms with Gasteiger partial charge in [0.1, 0.15) is 0 Å². The maximum Gasteiger partial charge on any atom is 0.347 e. The molecule has 4 heteroatoms. The molecule has 4 nitrogen and oxygen atoms in total. The lowest BCUT2D eigenvalue weighted by Crippen LogP contribution is -2.09. The molecule has 0 bridgehead atoms. The molecular weight excluding hydrogens is 158 g/mol. The number of rotatable bonds is 1. The van der Waals surface area contributed by atoms with Gasteiger partial charge in [0.05, 0.1) is 5.56 Å². The van der Waals surface area contributed by atoms with Gasteiger partial charge in [-0.05, 0) is 13.0 Å². The van der Waals surface area contributed by atoms with Crippen molar-refractivity contribution in [1.29, 1.82) is 0 Å². The maximum absolute atomic E-state index is 11.1. The van der Waals surface area contributed by atoms with Gasteiger partial charge < -0.3 is 9.72 Å². The molecule has 0 spiro atoms. The number of aromatic nitrogens is 1. The first kappa shape index (κ1) is 8.52. The predicted octanol–water partition coefficient (Wildman–Crippen LogP) is 1.03. The zero-order valence-corrected chi connectivity index (χ0v) is 6.88. The van der Waals surface area contributed by atoms with Crippen molar-refractivity contribution in [3.05, 3.63) is 23.5 Å². The Labute approximate surface area is 69.5 Å². The van der Waals surface area contributed by atoms with Gasteiger partial charge in [-0.3, -0.25) is 4.79 Å². The van der Waals surface area contributed by atoms with Crippen LogP contribution in [0.15, 0.2) is 12.3 Å². The van der Waals surface area contributed by atoms with E-state index in [-0.39, 0.29) is 0 Å². The molecule has 0 atom stereocenters. The van der Waals surface area contributed by atoms with Crippen molar-refractivity contribution in [3.63, 3.8) is 0 Å². The van der Waals surface area contributed by atoms with Gasteiger partial charge in [-0.25, -0.2) is 4.79 Å². The Morgan fingerprint density at radius 2 is 2.17 bits per heavy atom. The Kier molecular flexibility index (Phi) is 2.28. The van der Waals surface area contributed by atoms with E-state index < -0.39 is 11.9 Å². The summed E-state index contributed by atoms with van der Waals surface area (Å²) in [5.74, 6) is -1.21. The molecule has 0 fully saturated rings. The fourth-order valence-corrected chi connectivity index (χ4v) is 0.859.